The summed E-state index contributed by atoms with van der Waals surface area (Å²) >= 11 is 7.33. The monoisotopic (exact) mass is 244 g/mol. The Morgan fingerprint density at radius 3 is 3.20 bits per heavy atom. The number of fused-ring (bicyclic) bond motifs is 1. The van der Waals surface area contributed by atoms with Gasteiger partial charge in [0.25, 0.3) is 0 Å². The van der Waals surface area contributed by atoms with Crippen LogP contribution in [0.2, 0.25) is 5.28 Å². The number of hydrogen-bond donors (Lipinski definition) is 1. The highest BCUT2D eigenvalue weighted by Crippen LogP contribution is 2.23. The number of halogens is 1. The molecule has 15 heavy (non-hydrogen) atoms. The molecule has 0 amide bonds. The third-order valence-corrected chi connectivity index (χ3v) is 2.86. The van der Waals surface area contributed by atoms with Gasteiger partial charge in [0.15, 0.2) is 5.65 Å². The maximum Gasteiger partial charge on any atom is 0.225 e. The minimum atomic E-state index is 0.217. The Morgan fingerprint density at radius 1 is 1.53 bits per heavy atom. The Labute approximate surface area is 95.6 Å². The van der Waals surface area contributed by atoms with Gasteiger partial charge in [0.2, 0.25) is 5.28 Å². The smallest absolute Gasteiger partial charge is 0.225 e. The summed E-state index contributed by atoms with van der Waals surface area (Å²) in [5, 5.41) is 1.02. The lowest BCUT2D eigenvalue weighted by molar-refractivity contribution is 0.218. The summed E-state index contributed by atoms with van der Waals surface area (Å²) in [7, 11) is 1.67. The average Bonchev–Trinajstić information content (AvgIpc) is 2.65. The standard InChI is InChI=1S/C8H9ClN4OS/c1-14-2-3-15-7-5-6(11-4-10-5)12-8(9)13-7/h4H,2-3H2,1H3,(H,10,11,12,13). The Hall–Kier alpha value is -0.850. The molecule has 2 aromatic rings. The highest BCUT2D eigenvalue weighted by Gasteiger charge is 2.08. The van der Waals surface area contributed by atoms with Gasteiger partial charge in [-0.05, 0) is 11.6 Å². The SMILES string of the molecule is COCCSc1nc(Cl)nc2nc[nH]c12. The highest BCUT2D eigenvalue weighted by molar-refractivity contribution is 7.99. The lowest BCUT2D eigenvalue weighted by Crippen LogP contribution is -1.94. The fraction of sp³-hybridized carbons (Fsp3) is 0.375. The van der Waals surface area contributed by atoms with Crippen LogP contribution in [0.4, 0.5) is 0 Å². The van der Waals surface area contributed by atoms with Crippen molar-refractivity contribution in [2.45, 2.75) is 5.03 Å². The number of ether oxygens (including phenoxy) is 1. The number of thioether (sulfide) groups is 1. The van der Waals surface area contributed by atoms with E-state index in [0.717, 1.165) is 16.3 Å². The van der Waals surface area contributed by atoms with Gasteiger partial charge in [0.1, 0.15) is 10.5 Å². The molecule has 0 spiro atoms. The van der Waals surface area contributed by atoms with E-state index in [0.29, 0.717) is 12.3 Å². The molecule has 2 aromatic heterocycles. The number of methoxy groups -OCH3 is 1. The van der Waals surface area contributed by atoms with E-state index in [1.54, 1.807) is 25.2 Å². The van der Waals surface area contributed by atoms with E-state index < -0.39 is 0 Å². The Balaban J connectivity index is 2.27. The molecule has 0 saturated carbocycles. The summed E-state index contributed by atoms with van der Waals surface area (Å²) in [5.41, 5.74) is 1.41. The molecule has 2 heterocycles. The summed E-state index contributed by atoms with van der Waals surface area (Å²) in [6.45, 7) is 0.669. The Bertz CT molecular complexity index is 461. The number of nitrogens with one attached hydrogen (secondary N) is 1. The van der Waals surface area contributed by atoms with Crippen LogP contribution < -0.4 is 0 Å². The van der Waals surface area contributed by atoms with E-state index in [9.17, 15) is 0 Å². The average molecular weight is 245 g/mol. The van der Waals surface area contributed by atoms with Crippen LogP contribution in [-0.2, 0) is 4.74 Å². The molecule has 1 N–H and O–H groups in total. The molecule has 5 nitrogen and oxygen atoms in total. The van der Waals surface area contributed by atoms with Crippen molar-refractivity contribution in [2.24, 2.45) is 0 Å². The minimum Gasteiger partial charge on any atom is -0.384 e. The maximum atomic E-state index is 5.77. The number of imidazole rings is 1. The van der Waals surface area contributed by atoms with Crippen LogP contribution in [0.3, 0.4) is 0 Å². The number of rotatable bonds is 4. The van der Waals surface area contributed by atoms with Gasteiger partial charge >= 0.3 is 0 Å². The molecular formula is C8H9ClN4OS. The predicted octanol–water partition coefficient (Wildman–Crippen LogP) is 1.74. The third kappa shape index (κ3) is 2.39. The second-order valence-electron chi connectivity index (χ2n) is 2.74. The van der Waals surface area contributed by atoms with Crippen molar-refractivity contribution in [3.05, 3.63) is 11.6 Å². The Kier molecular flexibility index (Phi) is 3.40. The molecule has 0 aliphatic carbocycles. The second-order valence-corrected chi connectivity index (χ2v) is 4.16. The van der Waals surface area contributed by atoms with Gasteiger partial charge in [-0.2, -0.15) is 4.98 Å². The van der Waals surface area contributed by atoms with Gasteiger partial charge in [-0.3, -0.25) is 0 Å². The molecule has 0 radical (unpaired) electrons. The highest BCUT2D eigenvalue weighted by atomic mass is 35.5. The first-order chi connectivity index (χ1) is 7.31. The van der Waals surface area contributed by atoms with Crippen LogP contribution in [-0.4, -0.2) is 39.4 Å². The van der Waals surface area contributed by atoms with Crippen molar-refractivity contribution in [2.75, 3.05) is 19.5 Å². The number of nitrogens with zero attached hydrogens (tertiary/aromatic N) is 3. The van der Waals surface area contributed by atoms with Crippen molar-refractivity contribution >= 4 is 34.5 Å². The first kappa shape index (κ1) is 10.7. The minimum absolute atomic E-state index is 0.217. The third-order valence-electron chi connectivity index (χ3n) is 1.75. The number of aromatic amines is 1. The van der Waals surface area contributed by atoms with Crippen molar-refractivity contribution in [3.8, 4) is 0 Å². The van der Waals surface area contributed by atoms with Gasteiger partial charge in [0, 0.05) is 12.9 Å². The first-order valence-corrected chi connectivity index (χ1v) is 5.66. The van der Waals surface area contributed by atoms with E-state index in [1.165, 1.54) is 0 Å². The second kappa shape index (κ2) is 4.78. The first-order valence-electron chi connectivity index (χ1n) is 4.29. The lowest BCUT2D eigenvalue weighted by atomic mass is 10.6. The summed E-state index contributed by atoms with van der Waals surface area (Å²) in [5.74, 6) is 0.817. The molecule has 0 saturated heterocycles. The summed E-state index contributed by atoms with van der Waals surface area (Å²) in [4.78, 5) is 15.1. The Morgan fingerprint density at radius 2 is 2.40 bits per heavy atom. The molecule has 0 aliphatic heterocycles. The van der Waals surface area contributed by atoms with Crippen LogP contribution >= 0.6 is 23.4 Å². The zero-order chi connectivity index (χ0) is 10.7. The molecule has 0 atom stereocenters. The lowest BCUT2D eigenvalue weighted by Gasteiger charge is -2.01. The van der Waals surface area contributed by atoms with Crippen LogP contribution in [0, 0.1) is 0 Å². The van der Waals surface area contributed by atoms with Crippen LogP contribution in [0.1, 0.15) is 0 Å². The molecule has 2 rings (SSSR count). The molecule has 7 heteroatoms. The fourth-order valence-corrected chi connectivity index (χ4v) is 2.21. The summed E-state index contributed by atoms with van der Waals surface area (Å²) in [6, 6.07) is 0. The fourth-order valence-electron chi connectivity index (χ4n) is 1.11. The van der Waals surface area contributed by atoms with Gasteiger partial charge in [0.05, 0.1) is 12.9 Å². The van der Waals surface area contributed by atoms with Gasteiger partial charge in [-0.1, -0.05) is 0 Å². The number of aromatic nitrogens is 4. The summed E-state index contributed by atoms with van der Waals surface area (Å²) in [6.07, 6.45) is 1.58. The molecule has 0 aliphatic rings. The van der Waals surface area contributed by atoms with Crippen molar-refractivity contribution in [1.29, 1.82) is 0 Å². The number of H-pyrrole nitrogens is 1. The maximum absolute atomic E-state index is 5.77. The molecule has 0 bridgehead atoms. The van der Waals surface area contributed by atoms with Gasteiger partial charge in [-0.25, -0.2) is 9.97 Å². The van der Waals surface area contributed by atoms with E-state index in [2.05, 4.69) is 19.9 Å². The van der Waals surface area contributed by atoms with E-state index in [4.69, 9.17) is 16.3 Å². The topological polar surface area (TPSA) is 63.7 Å². The van der Waals surface area contributed by atoms with Crippen molar-refractivity contribution in [3.63, 3.8) is 0 Å². The normalized spacial score (nSPS) is 11.1. The van der Waals surface area contributed by atoms with Gasteiger partial charge < -0.3 is 9.72 Å². The van der Waals surface area contributed by atoms with Crippen LogP contribution in [0.5, 0.6) is 0 Å². The zero-order valence-corrected chi connectivity index (χ0v) is 9.60. The van der Waals surface area contributed by atoms with Crippen molar-refractivity contribution < 1.29 is 4.74 Å². The van der Waals surface area contributed by atoms with E-state index in [1.807, 2.05) is 0 Å². The van der Waals surface area contributed by atoms with Gasteiger partial charge in [-0.15, -0.1) is 11.8 Å². The predicted molar refractivity (Wildman–Crippen MR) is 59.3 cm³/mol. The molecular weight excluding hydrogens is 236 g/mol. The molecule has 0 aromatic carbocycles. The molecule has 0 unspecified atom stereocenters. The quantitative estimate of drug-likeness (QED) is 0.384. The number of hydrogen-bond acceptors (Lipinski definition) is 5. The largest absolute Gasteiger partial charge is 0.384 e. The van der Waals surface area contributed by atoms with E-state index >= 15 is 0 Å². The zero-order valence-electron chi connectivity index (χ0n) is 8.03. The molecule has 80 valence electrons. The van der Waals surface area contributed by atoms with Crippen molar-refractivity contribution in [1.82, 2.24) is 19.9 Å². The molecule has 0 fully saturated rings. The van der Waals surface area contributed by atoms with Crippen LogP contribution in [0.15, 0.2) is 11.4 Å². The summed E-state index contributed by atoms with van der Waals surface area (Å²) < 4.78 is 4.96. The van der Waals surface area contributed by atoms with Crippen LogP contribution in [0.25, 0.3) is 11.2 Å². The van der Waals surface area contributed by atoms with E-state index in [-0.39, 0.29) is 5.28 Å².